The maximum absolute atomic E-state index is 3.57. The summed E-state index contributed by atoms with van der Waals surface area (Å²) in [7, 11) is 0. The van der Waals surface area contributed by atoms with Crippen LogP contribution in [-0.4, -0.2) is 6.54 Å². The molecule has 1 aliphatic carbocycles. The highest BCUT2D eigenvalue weighted by atomic mass is 79.9. The van der Waals surface area contributed by atoms with Gasteiger partial charge in [0.2, 0.25) is 0 Å². The zero-order valence-corrected chi connectivity index (χ0v) is 12.0. The van der Waals surface area contributed by atoms with Gasteiger partial charge in [0.05, 0.1) is 0 Å². The van der Waals surface area contributed by atoms with Gasteiger partial charge in [-0.1, -0.05) is 46.3 Å². The maximum Gasteiger partial charge on any atom is 0.0381 e. The predicted molar refractivity (Wildman–Crippen MR) is 80.3 cm³/mol. The molecule has 18 heavy (non-hydrogen) atoms. The van der Waals surface area contributed by atoms with Crippen LogP contribution in [0.4, 0.5) is 5.69 Å². The summed E-state index contributed by atoms with van der Waals surface area (Å²) in [5.41, 5.74) is 5.53. The number of fused-ring (bicyclic) bond motifs is 1. The van der Waals surface area contributed by atoms with Crippen molar-refractivity contribution >= 4 is 21.6 Å². The molecule has 0 spiro atoms. The average Bonchev–Trinajstić information content (AvgIpc) is 2.35. The fourth-order valence-electron chi connectivity index (χ4n) is 2.58. The molecule has 0 aliphatic heterocycles. The summed E-state index contributed by atoms with van der Waals surface area (Å²) in [5, 5.41) is 3.57. The molecular formula is C16H16BrN. The molecule has 1 N–H and O–H groups in total. The SMILES string of the molecule is Cc1c(Br)cccc1NCC1Cc2ccccc21. The summed E-state index contributed by atoms with van der Waals surface area (Å²) < 4.78 is 1.17. The third-order valence-electron chi connectivity index (χ3n) is 3.77. The predicted octanol–water partition coefficient (Wildman–Crippen LogP) is 4.51. The fourth-order valence-corrected chi connectivity index (χ4v) is 2.94. The number of nitrogens with one attached hydrogen (secondary N) is 1. The summed E-state index contributed by atoms with van der Waals surface area (Å²) in [5.74, 6) is 0.666. The lowest BCUT2D eigenvalue weighted by atomic mass is 9.77. The van der Waals surface area contributed by atoms with Gasteiger partial charge in [0, 0.05) is 22.6 Å². The normalized spacial score (nSPS) is 16.9. The van der Waals surface area contributed by atoms with Gasteiger partial charge in [-0.05, 0) is 42.2 Å². The van der Waals surface area contributed by atoms with Crippen LogP contribution < -0.4 is 5.32 Å². The van der Waals surface area contributed by atoms with E-state index in [0.29, 0.717) is 5.92 Å². The van der Waals surface area contributed by atoms with Crippen molar-refractivity contribution in [2.45, 2.75) is 19.3 Å². The average molecular weight is 302 g/mol. The molecule has 0 saturated heterocycles. The van der Waals surface area contributed by atoms with Crippen LogP contribution in [0.25, 0.3) is 0 Å². The quantitative estimate of drug-likeness (QED) is 0.879. The van der Waals surface area contributed by atoms with Crippen LogP contribution in [0.3, 0.4) is 0 Å². The van der Waals surface area contributed by atoms with E-state index in [0.717, 1.165) is 6.54 Å². The molecule has 2 heteroatoms. The zero-order chi connectivity index (χ0) is 12.5. The van der Waals surface area contributed by atoms with Crippen LogP contribution in [0, 0.1) is 6.92 Å². The van der Waals surface area contributed by atoms with Crippen molar-refractivity contribution in [3.05, 3.63) is 63.6 Å². The molecular weight excluding hydrogens is 286 g/mol. The minimum absolute atomic E-state index is 0.666. The molecule has 0 heterocycles. The lowest BCUT2D eigenvalue weighted by Crippen LogP contribution is -2.24. The number of anilines is 1. The lowest BCUT2D eigenvalue weighted by Gasteiger charge is -2.30. The molecule has 0 fully saturated rings. The lowest BCUT2D eigenvalue weighted by molar-refractivity contribution is 0.635. The summed E-state index contributed by atoms with van der Waals surface area (Å²) in [4.78, 5) is 0. The summed E-state index contributed by atoms with van der Waals surface area (Å²) in [6, 6.07) is 15.0. The summed E-state index contributed by atoms with van der Waals surface area (Å²) in [6.07, 6.45) is 1.20. The van der Waals surface area contributed by atoms with E-state index in [4.69, 9.17) is 0 Å². The Labute approximate surface area is 116 Å². The third-order valence-corrected chi connectivity index (χ3v) is 4.63. The first-order valence-electron chi connectivity index (χ1n) is 6.32. The third kappa shape index (κ3) is 2.05. The van der Waals surface area contributed by atoms with E-state index in [1.165, 1.54) is 33.3 Å². The molecule has 0 saturated carbocycles. The van der Waals surface area contributed by atoms with Crippen molar-refractivity contribution in [1.82, 2.24) is 0 Å². The number of hydrogen-bond acceptors (Lipinski definition) is 1. The monoisotopic (exact) mass is 301 g/mol. The van der Waals surface area contributed by atoms with Gasteiger partial charge in [-0.3, -0.25) is 0 Å². The summed E-state index contributed by atoms with van der Waals surface area (Å²) >= 11 is 3.57. The minimum Gasteiger partial charge on any atom is -0.384 e. The van der Waals surface area contributed by atoms with E-state index < -0.39 is 0 Å². The van der Waals surface area contributed by atoms with Gasteiger partial charge in [0.25, 0.3) is 0 Å². The Hall–Kier alpha value is -1.28. The second kappa shape index (κ2) is 4.77. The Kier molecular flexibility index (Phi) is 3.13. The number of rotatable bonds is 3. The van der Waals surface area contributed by atoms with Crippen LogP contribution in [0.15, 0.2) is 46.9 Å². The molecule has 3 rings (SSSR count). The summed E-state index contributed by atoms with van der Waals surface area (Å²) in [6.45, 7) is 3.16. The van der Waals surface area contributed by atoms with Gasteiger partial charge >= 0.3 is 0 Å². The van der Waals surface area contributed by atoms with Crippen molar-refractivity contribution in [3.63, 3.8) is 0 Å². The Bertz CT molecular complexity index is 577. The van der Waals surface area contributed by atoms with Gasteiger partial charge in [-0.25, -0.2) is 0 Å². The number of halogens is 1. The Balaban J connectivity index is 1.69. The highest BCUT2D eigenvalue weighted by Crippen LogP contribution is 2.35. The van der Waals surface area contributed by atoms with Crippen LogP contribution in [-0.2, 0) is 6.42 Å². The molecule has 2 aromatic rings. The highest BCUT2D eigenvalue weighted by molar-refractivity contribution is 9.10. The second-order valence-corrected chi connectivity index (χ2v) is 5.75. The van der Waals surface area contributed by atoms with Gasteiger partial charge in [-0.15, -0.1) is 0 Å². The molecule has 2 aromatic carbocycles. The standard InChI is InChI=1S/C16H16BrN/c1-11-15(17)7-4-8-16(11)18-10-13-9-12-5-2-3-6-14(12)13/h2-8,13,18H,9-10H2,1H3. The molecule has 0 bridgehead atoms. The van der Waals surface area contributed by atoms with E-state index in [1.807, 2.05) is 0 Å². The molecule has 0 amide bonds. The van der Waals surface area contributed by atoms with E-state index in [1.54, 1.807) is 0 Å². The van der Waals surface area contributed by atoms with E-state index in [-0.39, 0.29) is 0 Å². The molecule has 1 nitrogen and oxygen atoms in total. The number of hydrogen-bond donors (Lipinski definition) is 1. The Morgan fingerprint density at radius 1 is 1.17 bits per heavy atom. The van der Waals surface area contributed by atoms with Crippen LogP contribution in [0.2, 0.25) is 0 Å². The molecule has 1 aliphatic rings. The van der Waals surface area contributed by atoms with E-state index >= 15 is 0 Å². The van der Waals surface area contributed by atoms with Crippen molar-refractivity contribution in [3.8, 4) is 0 Å². The molecule has 0 radical (unpaired) electrons. The number of benzene rings is 2. The smallest absolute Gasteiger partial charge is 0.0381 e. The molecule has 92 valence electrons. The van der Waals surface area contributed by atoms with Crippen molar-refractivity contribution in [2.75, 3.05) is 11.9 Å². The minimum atomic E-state index is 0.666. The molecule has 1 atom stereocenters. The van der Waals surface area contributed by atoms with Gasteiger partial charge < -0.3 is 5.32 Å². The van der Waals surface area contributed by atoms with Crippen molar-refractivity contribution < 1.29 is 0 Å². The fraction of sp³-hybridized carbons (Fsp3) is 0.250. The van der Waals surface area contributed by atoms with Crippen LogP contribution >= 0.6 is 15.9 Å². The van der Waals surface area contributed by atoms with Crippen LogP contribution in [0.1, 0.15) is 22.6 Å². The van der Waals surface area contributed by atoms with Gasteiger partial charge in [-0.2, -0.15) is 0 Å². The Morgan fingerprint density at radius 2 is 2.00 bits per heavy atom. The first kappa shape index (κ1) is 11.8. The first-order valence-corrected chi connectivity index (χ1v) is 7.12. The molecule has 0 aromatic heterocycles. The van der Waals surface area contributed by atoms with E-state index in [9.17, 15) is 0 Å². The molecule has 1 unspecified atom stereocenters. The van der Waals surface area contributed by atoms with Gasteiger partial charge in [0.15, 0.2) is 0 Å². The van der Waals surface area contributed by atoms with Crippen molar-refractivity contribution in [1.29, 1.82) is 0 Å². The van der Waals surface area contributed by atoms with Gasteiger partial charge in [0.1, 0.15) is 0 Å². The van der Waals surface area contributed by atoms with E-state index in [2.05, 4.69) is 70.6 Å². The second-order valence-electron chi connectivity index (χ2n) is 4.89. The Morgan fingerprint density at radius 3 is 2.83 bits per heavy atom. The zero-order valence-electron chi connectivity index (χ0n) is 10.4. The largest absolute Gasteiger partial charge is 0.384 e. The van der Waals surface area contributed by atoms with Crippen molar-refractivity contribution in [2.24, 2.45) is 0 Å². The topological polar surface area (TPSA) is 12.0 Å². The highest BCUT2D eigenvalue weighted by Gasteiger charge is 2.24. The first-order chi connectivity index (χ1) is 8.75. The maximum atomic E-state index is 3.57. The van der Waals surface area contributed by atoms with Crippen LogP contribution in [0.5, 0.6) is 0 Å².